The van der Waals surface area contributed by atoms with Crippen LogP contribution in [0.2, 0.25) is 0 Å². The molecule has 1 saturated heterocycles. The van der Waals surface area contributed by atoms with Crippen molar-refractivity contribution < 1.29 is 14.4 Å². The number of allylic oxidation sites excluding steroid dienone is 2. The van der Waals surface area contributed by atoms with Gasteiger partial charge in [-0.15, -0.1) is 0 Å². The van der Waals surface area contributed by atoms with Crippen LogP contribution in [0.25, 0.3) is 0 Å². The predicted octanol–water partition coefficient (Wildman–Crippen LogP) is 1.99. The highest BCUT2D eigenvalue weighted by atomic mass is 16.2. The Labute approximate surface area is 136 Å². The summed E-state index contributed by atoms with van der Waals surface area (Å²) in [7, 11) is 0. The average molecular weight is 316 g/mol. The second kappa shape index (κ2) is 6.69. The second-order valence-corrected chi connectivity index (χ2v) is 6.90. The molecule has 0 aromatic carbocycles. The number of amides is 3. The lowest BCUT2D eigenvalue weighted by atomic mass is 9.84. The number of hydrogen-bond acceptors (Lipinski definition) is 3. The molecule has 0 aromatic rings. The van der Waals surface area contributed by atoms with Crippen molar-refractivity contribution in [1.82, 2.24) is 10.6 Å². The van der Waals surface area contributed by atoms with Gasteiger partial charge in [-0.25, -0.2) is 0 Å². The van der Waals surface area contributed by atoms with Crippen molar-refractivity contribution in [2.45, 2.75) is 57.9 Å². The highest BCUT2D eigenvalue weighted by Crippen LogP contribution is 2.38. The quantitative estimate of drug-likeness (QED) is 0.463. The Morgan fingerprint density at radius 2 is 1.91 bits per heavy atom. The zero-order chi connectivity index (χ0) is 16.4. The average Bonchev–Trinajstić information content (AvgIpc) is 3.28. The molecule has 0 aromatic heterocycles. The number of hydrogen-bond donors (Lipinski definition) is 2. The fraction of sp³-hybridized carbons (Fsp3) is 0.611. The van der Waals surface area contributed by atoms with Gasteiger partial charge in [-0.05, 0) is 50.9 Å². The molecular formula is C18H24N2O3. The van der Waals surface area contributed by atoms with Crippen LogP contribution in [0, 0.1) is 11.8 Å². The van der Waals surface area contributed by atoms with Gasteiger partial charge in [-0.1, -0.05) is 24.1 Å². The Balaban J connectivity index is 1.69. The van der Waals surface area contributed by atoms with Crippen molar-refractivity contribution >= 4 is 17.7 Å². The highest BCUT2D eigenvalue weighted by Gasteiger charge is 2.31. The normalized spacial score (nSPS) is 26.6. The van der Waals surface area contributed by atoms with Gasteiger partial charge in [0, 0.05) is 12.0 Å². The van der Waals surface area contributed by atoms with E-state index in [1.165, 1.54) is 19.3 Å². The molecule has 1 heterocycles. The van der Waals surface area contributed by atoms with Crippen molar-refractivity contribution in [3.8, 4) is 0 Å². The number of carbonyl (C=O) groups is 3. The lowest BCUT2D eigenvalue weighted by Crippen LogP contribution is -2.52. The van der Waals surface area contributed by atoms with Gasteiger partial charge in [0.05, 0.1) is 0 Å². The fourth-order valence-electron chi connectivity index (χ4n) is 3.05. The third kappa shape index (κ3) is 3.89. The monoisotopic (exact) mass is 316 g/mol. The molecule has 3 rings (SSSR count). The minimum absolute atomic E-state index is 0.195. The summed E-state index contributed by atoms with van der Waals surface area (Å²) in [5.74, 6) is 0.222. The Morgan fingerprint density at radius 3 is 2.48 bits per heavy atom. The van der Waals surface area contributed by atoms with Crippen molar-refractivity contribution in [1.29, 1.82) is 0 Å². The van der Waals surface area contributed by atoms with Crippen molar-refractivity contribution in [2.24, 2.45) is 11.8 Å². The molecule has 0 radical (unpaired) electrons. The Kier molecular flexibility index (Phi) is 4.64. The van der Waals surface area contributed by atoms with E-state index in [4.69, 9.17) is 0 Å². The summed E-state index contributed by atoms with van der Waals surface area (Å²) in [5, 5.41) is 5.08. The summed E-state index contributed by atoms with van der Waals surface area (Å²) >= 11 is 0. The minimum Gasteiger partial charge on any atom is -0.340 e. The van der Waals surface area contributed by atoms with Crippen LogP contribution >= 0.6 is 0 Å². The minimum atomic E-state index is -0.612. The van der Waals surface area contributed by atoms with Crippen molar-refractivity contribution in [2.75, 3.05) is 0 Å². The molecule has 5 heteroatoms. The first kappa shape index (κ1) is 16.0. The Morgan fingerprint density at radius 1 is 1.17 bits per heavy atom. The molecule has 0 bridgehead atoms. The molecule has 2 N–H and O–H groups in total. The first-order valence-electron chi connectivity index (χ1n) is 8.58. The van der Waals surface area contributed by atoms with Crippen LogP contribution in [-0.2, 0) is 14.4 Å². The van der Waals surface area contributed by atoms with Gasteiger partial charge in [-0.3, -0.25) is 19.7 Å². The van der Waals surface area contributed by atoms with Crippen LogP contribution in [0.15, 0.2) is 23.3 Å². The van der Waals surface area contributed by atoms with Gasteiger partial charge in [0.1, 0.15) is 6.04 Å². The van der Waals surface area contributed by atoms with E-state index in [2.05, 4.69) is 16.7 Å². The maximum absolute atomic E-state index is 12.6. The predicted molar refractivity (Wildman–Crippen MR) is 86.2 cm³/mol. The molecule has 1 unspecified atom stereocenters. The van der Waals surface area contributed by atoms with E-state index < -0.39 is 11.9 Å². The van der Waals surface area contributed by atoms with Crippen molar-refractivity contribution in [3.05, 3.63) is 23.3 Å². The largest absolute Gasteiger partial charge is 0.340 e. The molecule has 2 saturated carbocycles. The van der Waals surface area contributed by atoms with Crippen LogP contribution < -0.4 is 10.6 Å². The summed E-state index contributed by atoms with van der Waals surface area (Å²) in [5.41, 5.74) is 1.81. The van der Waals surface area contributed by atoms with Crippen LogP contribution in [0.1, 0.15) is 51.9 Å². The maximum atomic E-state index is 12.6. The van der Waals surface area contributed by atoms with E-state index in [9.17, 15) is 14.4 Å². The summed E-state index contributed by atoms with van der Waals surface area (Å²) in [6.07, 6.45) is 10.7. The number of rotatable bonds is 5. The van der Waals surface area contributed by atoms with Gasteiger partial charge >= 0.3 is 0 Å². The zero-order valence-corrected chi connectivity index (χ0v) is 13.6. The van der Waals surface area contributed by atoms with Gasteiger partial charge < -0.3 is 5.32 Å². The molecule has 124 valence electrons. The maximum Gasteiger partial charge on any atom is 0.251 e. The van der Waals surface area contributed by atoms with E-state index >= 15 is 0 Å². The van der Waals surface area contributed by atoms with Gasteiger partial charge in [0.2, 0.25) is 11.8 Å². The van der Waals surface area contributed by atoms with Crippen LogP contribution in [-0.4, -0.2) is 23.8 Å². The third-order valence-electron chi connectivity index (χ3n) is 5.09. The summed E-state index contributed by atoms with van der Waals surface area (Å²) < 4.78 is 0. The molecule has 3 amide bonds. The number of imide groups is 1. The molecule has 2 aliphatic carbocycles. The number of nitrogens with one attached hydrogen (secondary N) is 2. The smallest absolute Gasteiger partial charge is 0.251 e. The SMILES string of the molecule is C/C(=C(\C=C/C1CCC1)C(=O)NC1CCC(=O)NC1=O)C1CC1. The van der Waals surface area contributed by atoms with E-state index in [1.807, 2.05) is 13.0 Å². The molecule has 3 fully saturated rings. The van der Waals surface area contributed by atoms with Gasteiger partial charge in [0.25, 0.3) is 5.91 Å². The lowest BCUT2D eigenvalue weighted by molar-refractivity contribution is -0.136. The molecule has 3 aliphatic rings. The summed E-state index contributed by atoms with van der Waals surface area (Å²) in [6.45, 7) is 2.02. The van der Waals surface area contributed by atoms with Gasteiger partial charge in [0.15, 0.2) is 0 Å². The third-order valence-corrected chi connectivity index (χ3v) is 5.09. The van der Waals surface area contributed by atoms with Crippen LogP contribution in [0.4, 0.5) is 0 Å². The Bertz CT molecular complexity index is 583. The van der Waals surface area contributed by atoms with Crippen LogP contribution in [0.3, 0.4) is 0 Å². The molecule has 1 atom stereocenters. The first-order chi connectivity index (χ1) is 11.0. The Hall–Kier alpha value is -1.91. The molecule has 5 nitrogen and oxygen atoms in total. The van der Waals surface area contributed by atoms with Gasteiger partial charge in [-0.2, -0.15) is 0 Å². The summed E-state index contributed by atoms with van der Waals surface area (Å²) in [4.78, 5) is 35.7. The molecule has 1 aliphatic heterocycles. The molecule has 23 heavy (non-hydrogen) atoms. The second-order valence-electron chi connectivity index (χ2n) is 6.90. The first-order valence-corrected chi connectivity index (χ1v) is 8.58. The highest BCUT2D eigenvalue weighted by molar-refractivity contribution is 6.04. The molecular weight excluding hydrogens is 292 g/mol. The lowest BCUT2D eigenvalue weighted by Gasteiger charge is -2.23. The topological polar surface area (TPSA) is 75.3 Å². The number of piperidine rings is 1. The van der Waals surface area contributed by atoms with E-state index in [1.54, 1.807) is 0 Å². The van der Waals surface area contributed by atoms with E-state index in [0.717, 1.165) is 18.4 Å². The summed E-state index contributed by atoms with van der Waals surface area (Å²) in [6, 6.07) is -0.612. The molecule has 0 spiro atoms. The number of carbonyl (C=O) groups excluding carboxylic acids is 3. The van der Waals surface area contributed by atoms with Crippen LogP contribution in [0.5, 0.6) is 0 Å². The fourth-order valence-corrected chi connectivity index (χ4v) is 3.05. The zero-order valence-electron chi connectivity index (χ0n) is 13.6. The standard InChI is InChI=1S/C18H24N2O3/c1-11(13-6-7-13)14(8-5-12-3-2-4-12)17(22)19-15-9-10-16(21)20-18(15)23/h5,8,12-13,15H,2-4,6-7,9-10H2,1H3,(H,19,22)(H,20,21,23)/b8-5-,14-11-. The van der Waals surface area contributed by atoms with Crippen molar-refractivity contribution in [3.63, 3.8) is 0 Å². The van der Waals surface area contributed by atoms with E-state index in [-0.39, 0.29) is 18.2 Å². The van der Waals surface area contributed by atoms with E-state index in [0.29, 0.717) is 23.8 Å².